The minimum absolute atomic E-state index is 0.139. The van der Waals surface area contributed by atoms with Crippen LogP contribution in [0.25, 0.3) is 0 Å². The van der Waals surface area contributed by atoms with Gasteiger partial charge in [0, 0.05) is 32.4 Å². The molecule has 2 fully saturated rings. The van der Waals surface area contributed by atoms with Crippen molar-refractivity contribution in [3.63, 3.8) is 0 Å². The number of hydrogen-bond acceptors (Lipinski definition) is 3. The fraction of sp³-hybridized carbons (Fsp3) is 0.667. The largest absolute Gasteiger partial charge is 0.356 e. The Morgan fingerprint density at radius 3 is 2.55 bits per heavy atom. The Bertz CT molecular complexity index is 505. The molecule has 120 valence electrons. The summed E-state index contributed by atoms with van der Waals surface area (Å²) in [4.78, 5) is 21.7. The third kappa shape index (κ3) is 3.26. The zero-order valence-corrected chi connectivity index (χ0v) is 13.6. The summed E-state index contributed by atoms with van der Waals surface area (Å²) < 4.78 is 0. The van der Waals surface area contributed by atoms with E-state index >= 15 is 0 Å². The summed E-state index contributed by atoms with van der Waals surface area (Å²) in [7, 11) is 1.96. The van der Waals surface area contributed by atoms with Crippen molar-refractivity contribution in [3.05, 3.63) is 23.9 Å². The normalized spacial score (nSPS) is 20.0. The molecule has 0 N–H and O–H groups in total. The van der Waals surface area contributed by atoms with Gasteiger partial charge in [-0.1, -0.05) is 19.3 Å². The Balaban J connectivity index is 1.79. The molecule has 2 heterocycles. The average molecular weight is 301 g/mol. The van der Waals surface area contributed by atoms with Crippen LogP contribution in [-0.2, 0) is 0 Å². The molecule has 1 amide bonds. The molecule has 22 heavy (non-hydrogen) atoms. The maximum absolute atomic E-state index is 13.0. The second kappa shape index (κ2) is 7.12. The van der Waals surface area contributed by atoms with Crippen LogP contribution < -0.4 is 4.90 Å². The van der Waals surface area contributed by atoms with Crippen molar-refractivity contribution in [3.8, 4) is 0 Å². The van der Waals surface area contributed by atoms with Gasteiger partial charge in [-0.3, -0.25) is 4.79 Å². The summed E-state index contributed by atoms with van der Waals surface area (Å²) in [6, 6.07) is 4.23. The minimum Gasteiger partial charge on any atom is -0.356 e. The van der Waals surface area contributed by atoms with Gasteiger partial charge in [0.15, 0.2) is 0 Å². The van der Waals surface area contributed by atoms with Crippen LogP contribution in [0, 0.1) is 0 Å². The molecule has 1 saturated carbocycles. The lowest BCUT2D eigenvalue weighted by molar-refractivity contribution is 0.0696. The van der Waals surface area contributed by atoms with Crippen molar-refractivity contribution in [1.82, 2.24) is 9.88 Å². The second-order valence-electron chi connectivity index (χ2n) is 6.63. The first-order valence-electron chi connectivity index (χ1n) is 8.74. The molecular formula is C18H27N3O. The molecule has 1 aromatic rings. The fourth-order valence-electron chi connectivity index (χ4n) is 3.75. The van der Waals surface area contributed by atoms with E-state index in [2.05, 4.69) is 9.88 Å². The summed E-state index contributed by atoms with van der Waals surface area (Å²) in [5.41, 5.74) is 0.775. The lowest BCUT2D eigenvalue weighted by Crippen LogP contribution is -2.40. The van der Waals surface area contributed by atoms with Gasteiger partial charge in [0.1, 0.15) is 5.82 Å². The molecule has 4 nitrogen and oxygen atoms in total. The fourth-order valence-corrected chi connectivity index (χ4v) is 3.75. The number of hydrogen-bond donors (Lipinski definition) is 0. The third-order valence-corrected chi connectivity index (χ3v) is 5.12. The number of carbonyl (C=O) groups excluding carboxylic acids is 1. The molecule has 1 aliphatic heterocycles. The Morgan fingerprint density at radius 2 is 1.82 bits per heavy atom. The smallest absolute Gasteiger partial charge is 0.257 e. The second-order valence-corrected chi connectivity index (χ2v) is 6.63. The molecule has 1 aliphatic carbocycles. The molecule has 0 bridgehead atoms. The topological polar surface area (TPSA) is 36.4 Å². The molecule has 2 aliphatic rings. The van der Waals surface area contributed by atoms with Gasteiger partial charge in [0.05, 0.1) is 5.56 Å². The standard InChI is InChI=1S/C18H27N3O/c1-20(15-9-4-2-5-10-15)18(22)16-11-8-12-19-17(16)21-13-6-3-7-14-21/h8,11-12,15H,2-7,9-10,13-14H2,1H3. The van der Waals surface area contributed by atoms with Crippen LogP contribution >= 0.6 is 0 Å². The van der Waals surface area contributed by atoms with Gasteiger partial charge in [-0.05, 0) is 44.2 Å². The van der Waals surface area contributed by atoms with Crippen LogP contribution in [0.3, 0.4) is 0 Å². The molecule has 4 heteroatoms. The molecular weight excluding hydrogens is 274 g/mol. The van der Waals surface area contributed by atoms with Crippen molar-refractivity contribution in [2.24, 2.45) is 0 Å². The third-order valence-electron chi connectivity index (χ3n) is 5.12. The Hall–Kier alpha value is -1.58. The highest BCUT2D eigenvalue weighted by Gasteiger charge is 2.26. The van der Waals surface area contributed by atoms with Gasteiger partial charge in [0.25, 0.3) is 5.91 Å². The number of aromatic nitrogens is 1. The van der Waals surface area contributed by atoms with Crippen molar-refractivity contribution in [2.75, 3.05) is 25.0 Å². The number of nitrogens with zero attached hydrogens (tertiary/aromatic N) is 3. The summed E-state index contributed by atoms with van der Waals surface area (Å²) in [5, 5.41) is 0. The Kier molecular flexibility index (Phi) is 4.96. The zero-order valence-electron chi connectivity index (χ0n) is 13.6. The van der Waals surface area contributed by atoms with Crippen LogP contribution in [0.1, 0.15) is 61.7 Å². The van der Waals surface area contributed by atoms with E-state index in [-0.39, 0.29) is 5.91 Å². The summed E-state index contributed by atoms with van der Waals surface area (Å²) in [6.07, 6.45) is 11.6. The Morgan fingerprint density at radius 1 is 1.14 bits per heavy atom. The lowest BCUT2D eigenvalue weighted by atomic mass is 9.94. The predicted octanol–water partition coefficient (Wildman–Crippen LogP) is 3.48. The van der Waals surface area contributed by atoms with Crippen molar-refractivity contribution < 1.29 is 4.79 Å². The Labute approximate surface area is 133 Å². The van der Waals surface area contributed by atoms with Crippen LogP contribution in [0.15, 0.2) is 18.3 Å². The van der Waals surface area contributed by atoms with Crippen molar-refractivity contribution in [1.29, 1.82) is 0 Å². The number of amides is 1. The number of carbonyl (C=O) groups is 1. The van der Waals surface area contributed by atoms with Crippen LogP contribution in [0.5, 0.6) is 0 Å². The van der Waals surface area contributed by atoms with Gasteiger partial charge >= 0.3 is 0 Å². The maximum atomic E-state index is 13.0. The van der Waals surface area contributed by atoms with E-state index in [1.807, 2.05) is 24.1 Å². The SMILES string of the molecule is CN(C(=O)c1cccnc1N1CCCCC1)C1CCCCC1. The monoisotopic (exact) mass is 301 g/mol. The van der Waals surface area contributed by atoms with E-state index < -0.39 is 0 Å². The highest BCUT2D eigenvalue weighted by Crippen LogP contribution is 2.26. The molecule has 0 atom stereocenters. The first-order valence-corrected chi connectivity index (χ1v) is 8.74. The highest BCUT2D eigenvalue weighted by molar-refractivity contribution is 5.99. The van der Waals surface area contributed by atoms with Crippen LogP contribution in [0.2, 0.25) is 0 Å². The van der Waals surface area contributed by atoms with Crippen molar-refractivity contribution in [2.45, 2.75) is 57.4 Å². The van der Waals surface area contributed by atoms with E-state index in [1.165, 1.54) is 38.5 Å². The van der Waals surface area contributed by atoms with Gasteiger partial charge < -0.3 is 9.80 Å². The number of rotatable bonds is 3. The van der Waals surface area contributed by atoms with E-state index in [0.717, 1.165) is 37.3 Å². The number of anilines is 1. The van der Waals surface area contributed by atoms with Gasteiger partial charge in [-0.2, -0.15) is 0 Å². The van der Waals surface area contributed by atoms with Crippen LogP contribution in [-0.4, -0.2) is 42.0 Å². The highest BCUT2D eigenvalue weighted by atomic mass is 16.2. The van der Waals surface area contributed by atoms with Gasteiger partial charge in [-0.15, -0.1) is 0 Å². The van der Waals surface area contributed by atoms with Crippen LogP contribution in [0.4, 0.5) is 5.82 Å². The van der Waals surface area contributed by atoms with E-state index in [0.29, 0.717) is 6.04 Å². The van der Waals surface area contributed by atoms with Gasteiger partial charge in [0.2, 0.25) is 0 Å². The maximum Gasteiger partial charge on any atom is 0.257 e. The number of pyridine rings is 1. The summed E-state index contributed by atoms with van der Waals surface area (Å²) in [5.74, 6) is 1.02. The molecule has 0 spiro atoms. The van der Waals surface area contributed by atoms with Crippen molar-refractivity contribution >= 4 is 11.7 Å². The number of piperidine rings is 1. The minimum atomic E-state index is 0.139. The first kappa shape index (κ1) is 15.3. The average Bonchev–Trinajstić information content (AvgIpc) is 2.62. The molecule has 0 unspecified atom stereocenters. The quantitative estimate of drug-likeness (QED) is 0.857. The van der Waals surface area contributed by atoms with E-state index in [1.54, 1.807) is 6.20 Å². The molecule has 0 aromatic carbocycles. The molecule has 1 aromatic heterocycles. The first-order chi connectivity index (χ1) is 10.8. The predicted molar refractivity (Wildman–Crippen MR) is 89.3 cm³/mol. The molecule has 1 saturated heterocycles. The summed E-state index contributed by atoms with van der Waals surface area (Å²) in [6.45, 7) is 2.04. The zero-order chi connectivity index (χ0) is 15.4. The molecule has 3 rings (SSSR count). The summed E-state index contributed by atoms with van der Waals surface area (Å²) >= 11 is 0. The lowest BCUT2D eigenvalue weighted by Gasteiger charge is -2.33. The van der Waals surface area contributed by atoms with E-state index in [4.69, 9.17) is 0 Å². The van der Waals surface area contributed by atoms with E-state index in [9.17, 15) is 4.79 Å². The van der Waals surface area contributed by atoms with Gasteiger partial charge in [-0.25, -0.2) is 4.98 Å². The molecule has 0 radical (unpaired) electrons.